The van der Waals surface area contributed by atoms with Crippen molar-refractivity contribution in [3.8, 4) is 22.6 Å². The zero-order chi connectivity index (χ0) is 27.8. The minimum atomic E-state index is -0.878. The zero-order valence-electron chi connectivity index (χ0n) is 21.9. The van der Waals surface area contributed by atoms with Gasteiger partial charge in [0.2, 0.25) is 5.91 Å². The van der Waals surface area contributed by atoms with E-state index in [9.17, 15) is 4.79 Å². The molecule has 7 nitrogen and oxygen atoms in total. The van der Waals surface area contributed by atoms with E-state index in [4.69, 9.17) is 31.5 Å². The number of hydrogen-bond acceptors (Lipinski definition) is 6. The first-order valence-corrected chi connectivity index (χ1v) is 13.7. The van der Waals surface area contributed by atoms with Crippen LogP contribution < -0.4 is 25.4 Å². The van der Waals surface area contributed by atoms with Crippen LogP contribution in [0.2, 0.25) is 5.02 Å². The van der Waals surface area contributed by atoms with Gasteiger partial charge in [0, 0.05) is 36.2 Å². The maximum Gasteiger partial charge on any atom is 0.249 e. The Hall–Kier alpha value is -3.40. The lowest BCUT2D eigenvalue weighted by atomic mass is 9.80. The SMILES string of the molecule is CN1c2cc(C(N)=O)c(-c3c(Cl)c(F)cc4c3C[C@](c3ccccc3)([C@@H]3CCCN3)O4)c(F)c2OCC12COC2. The van der Waals surface area contributed by atoms with Crippen LogP contribution >= 0.6 is 11.6 Å². The molecule has 0 radical (unpaired) electrons. The quantitative estimate of drug-likeness (QED) is 0.481. The molecule has 4 heterocycles. The second-order valence-corrected chi connectivity index (χ2v) is 11.5. The molecule has 3 aromatic rings. The summed E-state index contributed by atoms with van der Waals surface area (Å²) in [5.74, 6) is -2.26. The van der Waals surface area contributed by atoms with E-state index in [1.54, 1.807) is 7.05 Å². The number of halogens is 3. The molecule has 0 aliphatic carbocycles. The van der Waals surface area contributed by atoms with Gasteiger partial charge in [-0.2, -0.15) is 0 Å². The summed E-state index contributed by atoms with van der Waals surface area (Å²) in [6.45, 7) is 1.85. The van der Waals surface area contributed by atoms with Crippen molar-refractivity contribution in [2.24, 2.45) is 5.73 Å². The van der Waals surface area contributed by atoms with Crippen molar-refractivity contribution < 1.29 is 27.8 Å². The fraction of sp³-hybridized carbons (Fsp3) is 0.367. The van der Waals surface area contributed by atoms with E-state index in [-0.39, 0.29) is 52.3 Å². The second kappa shape index (κ2) is 9.06. The monoisotopic (exact) mass is 567 g/mol. The van der Waals surface area contributed by atoms with E-state index in [1.807, 2.05) is 35.2 Å². The lowest BCUT2D eigenvalue weighted by Gasteiger charge is -2.51. The molecule has 2 fully saturated rings. The predicted octanol–water partition coefficient (Wildman–Crippen LogP) is 4.56. The van der Waals surface area contributed by atoms with Gasteiger partial charge in [-0.15, -0.1) is 0 Å². The number of primary amides is 1. The topological polar surface area (TPSA) is 86.1 Å². The number of likely N-dealkylation sites (N-methyl/N-ethyl adjacent to an activating group) is 1. The number of fused-ring (bicyclic) bond motifs is 2. The maximum atomic E-state index is 16.6. The molecule has 4 aliphatic heterocycles. The first-order chi connectivity index (χ1) is 19.3. The van der Waals surface area contributed by atoms with Crippen molar-refractivity contribution in [1.29, 1.82) is 0 Å². The smallest absolute Gasteiger partial charge is 0.249 e. The van der Waals surface area contributed by atoms with Gasteiger partial charge in [0.15, 0.2) is 17.2 Å². The molecular weight excluding hydrogens is 540 g/mol. The first-order valence-electron chi connectivity index (χ1n) is 13.4. The van der Waals surface area contributed by atoms with Crippen molar-refractivity contribution in [3.63, 3.8) is 0 Å². The normalized spacial score (nSPS) is 24.2. The average molecular weight is 568 g/mol. The number of ether oxygens (including phenoxy) is 3. The van der Waals surface area contributed by atoms with Gasteiger partial charge in [0.05, 0.1) is 35.5 Å². The van der Waals surface area contributed by atoms with Crippen LogP contribution in [0.15, 0.2) is 42.5 Å². The Labute approximate surface area is 235 Å². The van der Waals surface area contributed by atoms with Crippen molar-refractivity contribution >= 4 is 23.2 Å². The Morgan fingerprint density at radius 3 is 2.58 bits per heavy atom. The van der Waals surface area contributed by atoms with Gasteiger partial charge < -0.3 is 30.2 Å². The summed E-state index contributed by atoms with van der Waals surface area (Å²) >= 11 is 6.61. The highest BCUT2D eigenvalue weighted by Crippen LogP contribution is 2.54. The summed E-state index contributed by atoms with van der Waals surface area (Å²) in [4.78, 5) is 14.7. The number of amides is 1. The van der Waals surface area contributed by atoms with Gasteiger partial charge in [-0.3, -0.25) is 4.79 Å². The molecule has 208 valence electrons. The largest absolute Gasteiger partial charge is 0.486 e. The lowest BCUT2D eigenvalue weighted by Crippen LogP contribution is -2.66. The summed E-state index contributed by atoms with van der Waals surface area (Å²) < 4.78 is 50.0. The van der Waals surface area contributed by atoms with Crippen molar-refractivity contribution in [2.45, 2.75) is 36.4 Å². The summed E-state index contributed by atoms with van der Waals surface area (Å²) in [7, 11) is 1.80. The molecule has 4 aliphatic rings. The summed E-state index contributed by atoms with van der Waals surface area (Å²) in [6, 6.07) is 12.4. The van der Waals surface area contributed by atoms with Crippen LogP contribution in [0.5, 0.6) is 11.5 Å². The van der Waals surface area contributed by atoms with Crippen LogP contribution in [0.3, 0.4) is 0 Å². The van der Waals surface area contributed by atoms with E-state index in [2.05, 4.69) is 5.32 Å². The Morgan fingerprint density at radius 2 is 1.93 bits per heavy atom. The molecule has 0 unspecified atom stereocenters. The number of nitrogens with zero attached hydrogens (tertiary/aromatic N) is 1. The standard InChI is InChI=1S/C30H28ClF2N3O4/c1-36-20-10-17(28(34)37)24(26(33)27(20)39-15-29(36)13-38-14-29)23-18-12-30(22-8-5-9-35-22,16-6-3-2-4-7-16)40-21(18)11-19(32)25(23)31/h2-4,6-7,10-11,22,35H,5,8-9,12-15H2,1H3,(H2,34,37)/t22-,30-/m0/s1. The molecule has 0 saturated carbocycles. The van der Waals surface area contributed by atoms with Crippen LogP contribution in [-0.2, 0) is 16.8 Å². The highest BCUT2D eigenvalue weighted by atomic mass is 35.5. The molecule has 0 aromatic heterocycles. The van der Waals surface area contributed by atoms with Gasteiger partial charge in [0.25, 0.3) is 0 Å². The molecule has 3 N–H and O–H groups in total. The predicted molar refractivity (Wildman–Crippen MR) is 146 cm³/mol. The summed E-state index contributed by atoms with van der Waals surface area (Å²) in [6.07, 6.45) is 2.10. The number of rotatable bonds is 4. The number of carbonyl (C=O) groups excluding carboxylic acids is 1. The van der Waals surface area contributed by atoms with Crippen molar-refractivity contribution in [3.05, 3.63) is 75.8 Å². The number of benzene rings is 3. The highest BCUT2D eigenvalue weighted by molar-refractivity contribution is 6.34. The molecule has 7 rings (SSSR count). The first kappa shape index (κ1) is 25.6. The third-order valence-corrected chi connectivity index (χ3v) is 9.29. The fourth-order valence-electron chi connectivity index (χ4n) is 6.64. The lowest BCUT2D eigenvalue weighted by molar-refractivity contribution is -0.0796. The molecule has 3 aromatic carbocycles. The third-order valence-electron chi connectivity index (χ3n) is 8.92. The van der Waals surface area contributed by atoms with E-state index < -0.39 is 28.7 Å². The third kappa shape index (κ3) is 3.50. The van der Waals surface area contributed by atoms with E-state index in [1.165, 1.54) is 12.1 Å². The molecule has 2 saturated heterocycles. The van der Waals surface area contributed by atoms with E-state index in [0.29, 0.717) is 24.5 Å². The van der Waals surface area contributed by atoms with E-state index in [0.717, 1.165) is 24.9 Å². The number of hydrogen-bond donors (Lipinski definition) is 2. The van der Waals surface area contributed by atoms with Gasteiger partial charge in [-0.25, -0.2) is 8.78 Å². The van der Waals surface area contributed by atoms with Gasteiger partial charge in [-0.1, -0.05) is 41.9 Å². The molecule has 1 amide bonds. The van der Waals surface area contributed by atoms with Crippen LogP contribution in [-0.4, -0.2) is 50.9 Å². The van der Waals surface area contributed by atoms with Crippen LogP contribution in [0.1, 0.15) is 34.3 Å². The summed E-state index contributed by atoms with van der Waals surface area (Å²) in [5, 5.41) is 3.23. The Bertz CT molecular complexity index is 1540. The Kier molecular flexibility index (Phi) is 5.79. The minimum absolute atomic E-state index is 0.0419. The van der Waals surface area contributed by atoms with Gasteiger partial charge in [0.1, 0.15) is 23.7 Å². The second-order valence-electron chi connectivity index (χ2n) is 11.1. The summed E-state index contributed by atoms with van der Waals surface area (Å²) in [5.41, 5.74) is 6.04. The van der Waals surface area contributed by atoms with Crippen molar-refractivity contribution in [2.75, 3.05) is 38.3 Å². The minimum Gasteiger partial charge on any atom is -0.486 e. The molecule has 1 spiro atoms. The average Bonchev–Trinajstić information content (AvgIpc) is 3.59. The molecule has 40 heavy (non-hydrogen) atoms. The highest BCUT2D eigenvalue weighted by Gasteiger charge is 2.51. The number of anilines is 1. The van der Waals surface area contributed by atoms with Gasteiger partial charge >= 0.3 is 0 Å². The number of carbonyl (C=O) groups is 1. The molecule has 2 atom stereocenters. The van der Waals surface area contributed by atoms with Crippen LogP contribution in [0.25, 0.3) is 11.1 Å². The van der Waals surface area contributed by atoms with E-state index >= 15 is 8.78 Å². The maximum absolute atomic E-state index is 16.6. The molecule has 0 bridgehead atoms. The number of nitrogens with two attached hydrogens (primary N) is 1. The van der Waals surface area contributed by atoms with Gasteiger partial charge in [-0.05, 0) is 31.0 Å². The van der Waals surface area contributed by atoms with Crippen LogP contribution in [0.4, 0.5) is 14.5 Å². The molecule has 10 heteroatoms. The van der Waals surface area contributed by atoms with Crippen LogP contribution in [0, 0.1) is 11.6 Å². The van der Waals surface area contributed by atoms with Crippen molar-refractivity contribution in [1.82, 2.24) is 5.32 Å². The Balaban J connectivity index is 1.44. The Morgan fingerprint density at radius 1 is 1.15 bits per heavy atom. The number of nitrogens with one attached hydrogen (secondary N) is 1. The fourth-order valence-corrected chi connectivity index (χ4v) is 6.90. The zero-order valence-corrected chi connectivity index (χ0v) is 22.6. The molecular formula is C30H28ClF2N3O4.